The number of benzene rings is 1. The van der Waals surface area contributed by atoms with Gasteiger partial charge in [0, 0.05) is 12.5 Å². The van der Waals surface area contributed by atoms with Crippen LogP contribution in [0.1, 0.15) is 35.7 Å². The molecule has 0 bridgehead atoms. The van der Waals surface area contributed by atoms with E-state index < -0.39 is 5.97 Å². The summed E-state index contributed by atoms with van der Waals surface area (Å²) in [7, 11) is 0. The summed E-state index contributed by atoms with van der Waals surface area (Å²) in [5.74, 6) is -1.24. The summed E-state index contributed by atoms with van der Waals surface area (Å²) >= 11 is 6.14. The van der Waals surface area contributed by atoms with Gasteiger partial charge in [0.05, 0.1) is 11.1 Å². The molecule has 0 amide bonds. The van der Waals surface area contributed by atoms with Crippen molar-refractivity contribution in [2.45, 2.75) is 44.5 Å². The fourth-order valence-corrected chi connectivity index (χ4v) is 3.10. The second kappa shape index (κ2) is 6.87. The maximum atomic E-state index is 12.5. The molecule has 0 unspecified atom stereocenters. The Morgan fingerprint density at radius 3 is 2.83 bits per heavy atom. The van der Waals surface area contributed by atoms with Gasteiger partial charge in [0.1, 0.15) is 29.3 Å². The number of halogens is 1. The number of carbonyl (C=O) groups is 1. The second-order valence-corrected chi connectivity index (χ2v) is 6.40. The van der Waals surface area contributed by atoms with Gasteiger partial charge in [-0.05, 0) is 25.3 Å². The quantitative estimate of drug-likeness (QED) is 0.553. The van der Waals surface area contributed by atoms with Crippen LogP contribution in [0.15, 0.2) is 30.4 Å². The van der Waals surface area contributed by atoms with E-state index in [-0.39, 0.29) is 40.4 Å². The number of fused-ring (bicyclic) bond motifs is 2. The molecule has 1 saturated heterocycles. The van der Waals surface area contributed by atoms with Crippen LogP contribution >= 0.6 is 11.6 Å². The van der Waals surface area contributed by atoms with E-state index in [0.717, 1.165) is 6.07 Å². The number of epoxide rings is 1. The standard InChI is InChI=1S/C18H19ClO5/c1-10-8-15-14(24-15)7-5-3-2-4-6-11-16(18(22)23-10)12(20)9-13(21)17(11)19/h2-3,5,7,9-10,14-15,20-21H,4,6,8H2,1H3/t10-,14-,15-/m1/s1. The molecule has 1 fully saturated rings. The van der Waals surface area contributed by atoms with Crippen molar-refractivity contribution in [1.29, 1.82) is 0 Å². The molecule has 0 aliphatic carbocycles. The molecule has 6 heteroatoms. The summed E-state index contributed by atoms with van der Waals surface area (Å²) in [6.45, 7) is 1.78. The maximum absolute atomic E-state index is 12.5. The molecule has 2 aliphatic heterocycles. The highest BCUT2D eigenvalue weighted by Crippen LogP contribution is 2.38. The molecular weight excluding hydrogens is 332 g/mol. The molecule has 2 heterocycles. The van der Waals surface area contributed by atoms with Crippen LogP contribution in [0.4, 0.5) is 0 Å². The smallest absolute Gasteiger partial charge is 0.342 e. The Kier molecular flexibility index (Phi) is 4.83. The van der Waals surface area contributed by atoms with Crippen LogP contribution in [0.25, 0.3) is 0 Å². The predicted octanol–water partition coefficient (Wildman–Crippen LogP) is 3.51. The number of ether oxygens (including phenoxy) is 2. The van der Waals surface area contributed by atoms with E-state index >= 15 is 0 Å². The number of aromatic hydroxyl groups is 2. The summed E-state index contributed by atoms with van der Waals surface area (Å²) in [5.41, 5.74) is 0.400. The van der Waals surface area contributed by atoms with Gasteiger partial charge in [-0.15, -0.1) is 0 Å². The van der Waals surface area contributed by atoms with Crippen molar-refractivity contribution in [2.24, 2.45) is 0 Å². The van der Waals surface area contributed by atoms with E-state index in [2.05, 4.69) is 0 Å². The van der Waals surface area contributed by atoms with Crippen LogP contribution < -0.4 is 0 Å². The maximum Gasteiger partial charge on any atom is 0.342 e. The highest BCUT2D eigenvalue weighted by Gasteiger charge is 2.38. The number of hydrogen-bond acceptors (Lipinski definition) is 5. The first kappa shape index (κ1) is 16.9. The third-order valence-corrected chi connectivity index (χ3v) is 4.55. The van der Waals surface area contributed by atoms with Crippen LogP contribution in [-0.4, -0.2) is 34.5 Å². The third-order valence-electron chi connectivity index (χ3n) is 4.13. The minimum atomic E-state index is -0.648. The van der Waals surface area contributed by atoms with Gasteiger partial charge in [0.15, 0.2) is 0 Å². The fourth-order valence-electron chi connectivity index (χ4n) is 2.85. The van der Waals surface area contributed by atoms with E-state index in [4.69, 9.17) is 21.1 Å². The Morgan fingerprint density at radius 1 is 1.25 bits per heavy atom. The summed E-state index contributed by atoms with van der Waals surface area (Å²) in [6.07, 6.45) is 9.03. The lowest BCUT2D eigenvalue weighted by Crippen LogP contribution is -2.19. The topological polar surface area (TPSA) is 79.3 Å². The van der Waals surface area contributed by atoms with Gasteiger partial charge in [-0.2, -0.15) is 0 Å². The predicted molar refractivity (Wildman–Crippen MR) is 89.5 cm³/mol. The van der Waals surface area contributed by atoms with Crippen molar-refractivity contribution in [3.05, 3.63) is 46.5 Å². The van der Waals surface area contributed by atoms with Gasteiger partial charge in [0.2, 0.25) is 0 Å². The Bertz CT molecular complexity index is 710. The molecule has 128 valence electrons. The second-order valence-electron chi connectivity index (χ2n) is 6.02. The van der Waals surface area contributed by atoms with Gasteiger partial charge in [-0.1, -0.05) is 35.9 Å². The number of allylic oxidation sites excluding steroid dienone is 3. The summed E-state index contributed by atoms with van der Waals surface area (Å²) in [6, 6.07) is 1.06. The monoisotopic (exact) mass is 350 g/mol. The summed E-state index contributed by atoms with van der Waals surface area (Å²) in [4.78, 5) is 12.5. The number of esters is 1. The van der Waals surface area contributed by atoms with Crippen LogP contribution in [-0.2, 0) is 15.9 Å². The van der Waals surface area contributed by atoms with E-state index in [1.54, 1.807) is 6.92 Å². The summed E-state index contributed by atoms with van der Waals surface area (Å²) in [5, 5.41) is 20.0. The zero-order valence-corrected chi connectivity index (χ0v) is 14.0. The van der Waals surface area contributed by atoms with E-state index in [1.165, 1.54) is 0 Å². The molecule has 0 radical (unpaired) electrons. The highest BCUT2D eigenvalue weighted by molar-refractivity contribution is 6.33. The highest BCUT2D eigenvalue weighted by atomic mass is 35.5. The molecule has 2 aliphatic rings. The van der Waals surface area contributed by atoms with Gasteiger partial charge < -0.3 is 19.7 Å². The number of cyclic esters (lactones) is 1. The lowest BCUT2D eigenvalue weighted by Gasteiger charge is -2.17. The minimum absolute atomic E-state index is 0.0129. The first-order valence-electron chi connectivity index (χ1n) is 7.90. The Labute approximate surface area is 145 Å². The number of carbonyl (C=O) groups excluding carboxylic acids is 1. The van der Waals surface area contributed by atoms with Gasteiger partial charge >= 0.3 is 5.97 Å². The van der Waals surface area contributed by atoms with Crippen LogP contribution in [0.3, 0.4) is 0 Å². The largest absolute Gasteiger partial charge is 0.507 e. The molecule has 3 rings (SSSR count). The van der Waals surface area contributed by atoms with Crippen molar-refractivity contribution in [3.63, 3.8) is 0 Å². The molecular formula is C18H19ClO5. The van der Waals surface area contributed by atoms with Crippen molar-refractivity contribution >= 4 is 17.6 Å². The van der Waals surface area contributed by atoms with Gasteiger partial charge in [-0.3, -0.25) is 0 Å². The molecule has 0 saturated carbocycles. The average molecular weight is 351 g/mol. The van der Waals surface area contributed by atoms with Gasteiger partial charge in [-0.25, -0.2) is 4.79 Å². The number of phenols is 2. The molecule has 2 N–H and O–H groups in total. The third kappa shape index (κ3) is 3.57. The summed E-state index contributed by atoms with van der Waals surface area (Å²) < 4.78 is 10.9. The number of hydrogen-bond donors (Lipinski definition) is 2. The zero-order chi connectivity index (χ0) is 17.3. The van der Waals surface area contributed by atoms with E-state index in [0.29, 0.717) is 24.8 Å². The van der Waals surface area contributed by atoms with Crippen LogP contribution in [0.2, 0.25) is 5.02 Å². The Balaban J connectivity index is 1.95. The van der Waals surface area contributed by atoms with Crippen molar-refractivity contribution < 1.29 is 24.5 Å². The van der Waals surface area contributed by atoms with E-state index in [1.807, 2.05) is 24.3 Å². The Morgan fingerprint density at radius 2 is 2.04 bits per heavy atom. The SMILES string of the molecule is C[C@@H]1C[C@H]2O[C@@H]2C=CC=CCCc2c(Cl)c(O)cc(O)c2C(=O)O1. The molecule has 24 heavy (non-hydrogen) atoms. The van der Waals surface area contributed by atoms with Crippen LogP contribution in [0, 0.1) is 0 Å². The Hall–Kier alpha value is -1.98. The molecule has 5 nitrogen and oxygen atoms in total. The molecule has 0 spiro atoms. The number of rotatable bonds is 0. The fraction of sp³-hybridized carbons (Fsp3) is 0.389. The van der Waals surface area contributed by atoms with E-state index in [9.17, 15) is 15.0 Å². The first-order valence-corrected chi connectivity index (χ1v) is 8.28. The zero-order valence-electron chi connectivity index (χ0n) is 13.2. The number of phenolic OH excluding ortho intramolecular Hbond substituents is 2. The normalized spacial score (nSPS) is 26.9. The van der Waals surface area contributed by atoms with Crippen molar-refractivity contribution in [3.8, 4) is 11.5 Å². The lowest BCUT2D eigenvalue weighted by molar-refractivity contribution is 0.0305. The molecule has 1 aromatic rings. The molecule has 3 atom stereocenters. The lowest BCUT2D eigenvalue weighted by atomic mass is 10.0. The van der Waals surface area contributed by atoms with Crippen LogP contribution in [0.5, 0.6) is 11.5 Å². The average Bonchev–Trinajstić information content (AvgIpc) is 3.24. The first-order chi connectivity index (χ1) is 11.5. The van der Waals surface area contributed by atoms with Crippen molar-refractivity contribution in [1.82, 2.24) is 0 Å². The molecule has 0 aromatic heterocycles. The van der Waals surface area contributed by atoms with Crippen molar-refractivity contribution in [2.75, 3.05) is 0 Å². The molecule has 1 aromatic carbocycles. The minimum Gasteiger partial charge on any atom is -0.507 e. The van der Waals surface area contributed by atoms with Gasteiger partial charge in [0.25, 0.3) is 0 Å².